The molecular formula is C10H15BrN4. The molecule has 1 aliphatic rings. The smallest absolute Gasteiger partial charge is 0.222 e. The quantitative estimate of drug-likeness (QED) is 0.876. The fourth-order valence-electron chi connectivity index (χ4n) is 1.76. The Morgan fingerprint density at radius 2 is 2.27 bits per heavy atom. The van der Waals surface area contributed by atoms with E-state index in [0.29, 0.717) is 12.0 Å². The predicted molar refractivity (Wildman–Crippen MR) is 63.9 cm³/mol. The van der Waals surface area contributed by atoms with Gasteiger partial charge >= 0.3 is 0 Å². The first-order valence-corrected chi connectivity index (χ1v) is 6.09. The third kappa shape index (κ3) is 3.43. The molecule has 0 aromatic carbocycles. The lowest BCUT2D eigenvalue weighted by Gasteiger charge is -2.10. The number of aromatic nitrogens is 2. The second-order valence-corrected chi connectivity index (χ2v) is 4.65. The fraction of sp³-hybridized carbons (Fsp3) is 0.600. The average molecular weight is 271 g/mol. The Balaban J connectivity index is 1.71. The molecule has 0 unspecified atom stereocenters. The van der Waals surface area contributed by atoms with Gasteiger partial charge in [0.05, 0.1) is 4.47 Å². The molecule has 0 saturated carbocycles. The summed E-state index contributed by atoms with van der Waals surface area (Å²) in [6, 6.07) is 0.674. The van der Waals surface area contributed by atoms with Crippen molar-refractivity contribution in [3.63, 3.8) is 0 Å². The predicted octanol–water partition coefficient (Wildman–Crippen LogP) is 1.79. The normalized spacial score (nSPS) is 20.5. The van der Waals surface area contributed by atoms with E-state index >= 15 is 0 Å². The first-order valence-electron chi connectivity index (χ1n) is 5.29. The van der Waals surface area contributed by atoms with Gasteiger partial charge in [-0.15, -0.1) is 0 Å². The Kier molecular flexibility index (Phi) is 3.91. The minimum atomic E-state index is 0.674. The largest absolute Gasteiger partial charge is 0.354 e. The maximum atomic E-state index is 4.15. The molecule has 0 radical (unpaired) electrons. The molecule has 2 N–H and O–H groups in total. The molecule has 0 amide bonds. The van der Waals surface area contributed by atoms with Gasteiger partial charge in [0.1, 0.15) is 0 Å². The molecule has 2 rings (SSSR count). The highest BCUT2D eigenvalue weighted by Crippen LogP contribution is 2.09. The topological polar surface area (TPSA) is 49.8 Å². The summed E-state index contributed by atoms with van der Waals surface area (Å²) in [4.78, 5) is 8.31. The molecule has 0 spiro atoms. The van der Waals surface area contributed by atoms with Gasteiger partial charge in [0, 0.05) is 25.0 Å². The van der Waals surface area contributed by atoms with Crippen molar-refractivity contribution in [3.05, 3.63) is 16.9 Å². The summed E-state index contributed by atoms with van der Waals surface area (Å²) in [6.45, 7) is 2.10. The lowest BCUT2D eigenvalue weighted by Crippen LogP contribution is -2.24. The number of nitrogens with zero attached hydrogens (tertiary/aromatic N) is 2. The zero-order valence-corrected chi connectivity index (χ0v) is 10.1. The van der Waals surface area contributed by atoms with Crippen molar-refractivity contribution in [1.82, 2.24) is 15.3 Å². The minimum Gasteiger partial charge on any atom is -0.354 e. The molecule has 1 atom stereocenters. The minimum absolute atomic E-state index is 0.674. The molecule has 5 heteroatoms. The first-order chi connectivity index (χ1) is 7.34. The molecule has 82 valence electrons. The van der Waals surface area contributed by atoms with Crippen LogP contribution in [0.2, 0.25) is 0 Å². The van der Waals surface area contributed by atoms with Crippen LogP contribution in [0.1, 0.15) is 19.3 Å². The number of hydrogen-bond acceptors (Lipinski definition) is 4. The second-order valence-electron chi connectivity index (χ2n) is 3.73. The summed E-state index contributed by atoms with van der Waals surface area (Å²) in [5.41, 5.74) is 0. The molecule has 1 fully saturated rings. The number of hydrogen-bond donors (Lipinski definition) is 2. The highest BCUT2D eigenvalue weighted by molar-refractivity contribution is 9.10. The zero-order valence-electron chi connectivity index (χ0n) is 8.54. The molecule has 1 aromatic heterocycles. The monoisotopic (exact) mass is 270 g/mol. The van der Waals surface area contributed by atoms with E-state index in [1.54, 1.807) is 12.4 Å². The second kappa shape index (κ2) is 5.42. The number of nitrogens with one attached hydrogen (secondary N) is 2. The summed E-state index contributed by atoms with van der Waals surface area (Å²) >= 11 is 3.30. The molecule has 15 heavy (non-hydrogen) atoms. The summed E-state index contributed by atoms with van der Waals surface area (Å²) in [5.74, 6) is 0.705. The van der Waals surface area contributed by atoms with E-state index in [1.807, 2.05) is 0 Å². The molecule has 1 aliphatic heterocycles. The van der Waals surface area contributed by atoms with Gasteiger partial charge < -0.3 is 10.6 Å². The van der Waals surface area contributed by atoms with Crippen molar-refractivity contribution >= 4 is 21.9 Å². The van der Waals surface area contributed by atoms with E-state index in [1.165, 1.54) is 19.4 Å². The maximum absolute atomic E-state index is 4.15. The first kappa shape index (κ1) is 10.8. The molecule has 0 aliphatic carbocycles. The Bertz CT molecular complexity index is 295. The van der Waals surface area contributed by atoms with Gasteiger partial charge in [-0.3, -0.25) is 0 Å². The van der Waals surface area contributed by atoms with Crippen molar-refractivity contribution in [2.75, 3.05) is 18.4 Å². The summed E-state index contributed by atoms with van der Waals surface area (Å²) in [5, 5.41) is 6.68. The highest BCUT2D eigenvalue weighted by atomic mass is 79.9. The number of rotatable bonds is 4. The van der Waals surface area contributed by atoms with E-state index in [4.69, 9.17) is 0 Å². The molecule has 1 saturated heterocycles. The summed E-state index contributed by atoms with van der Waals surface area (Å²) < 4.78 is 0.908. The van der Waals surface area contributed by atoms with E-state index in [0.717, 1.165) is 17.4 Å². The van der Waals surface area contributed by atoms with Crippen LogP contribution >= 0.6 is 15.9 Å². The van der Waals surface area contributed by atoms with Crippen molar-refractivity contribution in [1.29, 1.82) is 0 Å². The average Bonchev–Trinajstić information content (AvgIpc) is 2.74. The summed E-state index contributed by atoms with van der Waals surface area (Å²) in [6.07, 6.45) is 7.24. The maximum Gasteiger partial charge on any atom is 0.222 e. The van der Waals surface area contributed by atoms with Crippen LogP contribution in [0.25, 0.3) is 0 Å². The van der Waals surface area contributed by atoms with E-state index < -0.39 is 0 Å². The standard InChI is InChI=1S/C10H15BrN4/c11-8-6-14-10(15-7-8)13-5-3-9-2-1-4-12-9/h6-7,9,12H,1-5H2,(H,13,14,15)/t9-/m0/s1. The van der Waals surface area contributed by atoms with Crippen LogP contribution in [0.5, 0.6) is 0 Å². The van der Waals surface area contributed by atoms with Gasteiger partial charge in [-0.1, -0.05) is 0 Å². The Morgan fingerprint density at radius 1 is 1.47 bits per heavy atom. The Labute approximate surface area is 98.0 Å². The van der Waals surface area contributed by atoms with Crippen molar-refractivity contribution in [3.8, 4) is 0 Å². The Morgan fingerprint density at radius 3 is 2.93 bits per heavy atom. The van der Waals surface area contributed by atoms with Gasteiger partial charge in [-0.05, 0) is 41.7 Å². The van der Waals surface area contributed by atoms with Crippen LogP contribution in [-0.2, 0) is 0 Å². The van der Waals surface area contributed by atoms with Gasteiger partial charge in [0.25, 0.3) is 0 Å². The highest BCUT2D eigenvalue weighted by Gasteiger charge is 2.12. The lowest BCUT2D eigenvalue weighted by molar-refractivity contribution is 0.573. The Hall–Kier alpha value is -0.680. The van der Waals surface area contributed by atoms with Gasteiger partial charge in [0.2, 0.25) is 5.95 Å². The number of halogens is 1. The van der Waals surface area contributed by atoms with Gasteiger partial charge in [-0.25, -0.2) is 9.97 Å². The van der Waals surface area contributed by atoms with Gasteiger partial charge in [-0.2, -0.15) is 0 Å². The third-order valence-electron chi connectivity index (χ3n) is 2.56. The zero-order chi connectivity index (χ0) is 10.5. The lowest BCUT2D eigenvalue weighted by atomic mass is 10.1. The van der Waals surface area contributed by atoms with Crippen molar-refractivity contribution in [2.24, 2.45) is 0 Å². The fourth-order valence-corrected chi connectivity index (χ4v) is 1.97. The third-order valence-corrected chi connectivity index (χ3v) is 2.97. The van der Waals surface area contributed by atoms with Crippen LogP contribution in [0.15, 0.2) is 16.9 Å². The molecular weight excluding hydrogens is 256 g/mol. The van der Waals surface area contributed by atoms with Crippen LogP contribution in [0.4, 0.5) is 5.95 Å². The molecule has 1 aromatic rings. The van der Waals surface area contributed by atoms with E-state index in [9.17, 15) is 0 Å². The van der Waals surface area contributed by atoms with Crippen molar-refractivity contribution in [2.45, 2.75) is 25.3 Å². The SMILES string of the molecule is Brc1cnc(NCC[C@@H]2CCCN2)nc1. The summed E-state index contributed by atoms with van der Waals surface area (Å²) in [7, 11) is 0. The van der Waals surface area contributed by atoms with E-state index in [2.05, 4.69) is 36.5 Å². The molecule has 0 bridgehead atoms. The van der Waals surface area contributed by atoms with Gasteiger partial charge in [0.15, 0.2) is 0 Å². The molecule has 2 heterocycles. The number of anilines is 1. The van der Waals surface area contributed by atoms with Crippen LogP contribution < -0.4 is 10.6 Å². The van der Waals surface area contributed by atoms with Crippen LogP contribution in [0, 0.1) is 0 Å². The van der Waals surface area contributed by atoms with Crippen LogP contribution in [-0.4, -0.2) is 29.1 Å². The molecule has 4 nitrogen and oxygen atoms in total. The van der Waals surface area contributed by atoms with Crippen molar-refractivity contribution < 1.29 is 0 Å². The van der Waals surface area contributed by atoms with E-state index in [-0.39, 0.29) is 0 Å². The van der Waals surface area contributed by atoms with Crippen LogP contribution in [0.3, 0.4) is 0 Å².